The number of rotatable bonds is 5. The molecule has 0 unspecified atom stereocenters. The van der Waals surface area contributed by atoms with Crippen molar-refractivity contribution in [1.82, 2.24) is 19.7 Å². The van der Waals surface area contributed by atoms with Crippen molar-refractivity contribution in [2.45, 2.75) is 16.5 Å². The maximum Gasteiger partial charge on any atom is 0.407 e. The zero-order chi connectivity index (χ0) is 18.7. The second kappa shape index (κ2) is 7.76. The van der Waals surface area contributed by atoms with Crippen LogP contribution < -0.4 is 0 Å². The molecule has 2 heterocycles. The second-order valence-corrected chi connectivity index (χ2v) is 6.89. The van der Waals surface area contributed by atoms with Gasteiger partial charge in [-0.15, -0.1) is 0 Å². The molecule has 0 aliphatic rings. The summed E-state index contributed by atoms with van der Waals surface area (Å²) in [6, 6.07) is 10.0. The van der Waals surface area contributed by atoms with E-state index < -0.39 is 11.9 Å². The minimum atomic E-state index is -1.07. The van der Waals surface area contributed by atoms with Crippen molar-refractivity contribution in [3.05, 3.63) is 65.3 Å². The highest BCUT2D eigenvalue weighted by Gasteiger charge is 2.18. The predicted octanol–water partition coefficient (Wildman–Crippen LogP) is 4.32. The van der Waals surface area contributed by atoms with E-state index in [2.05, 4.69) is 10.1 Å². The van der Waals surface area contributed by atoms with E-state index in [0.29, 0.717) is 10.7 Å². The third kappa shape index (κ3) is 3.97. The normalized spacial score (nSPS) is 10.7. The Hall–Kier alpha value is -2.58. The molecule has 0 fully saturated rings. The Morgan fingerprint density at radius 2 is 2.19 bits per heavy atom. The van der Waals surface area contributed by atoms with Crippen LogP contribution in [0.2, 0.25) is 5.02 Å². The molecule has 6 nitrogen and oxygen atoms in total. The summed E-state index contributed by atoms with van der Waals surface area (Å²) in [5.74, 6) is -0.594. The Morgan fingerprint density at radius 1 is 1.38 bits per heavy atom. The molecule has 1 N–H and O–H groups in total. The van der Waals surface area contributed by atoms with Crippen LogP contribution in [0.1, 0.15) is 5.69 Å². The molecule has 1 amide bonds. The number of nitrogens with zero attached hydrogens (tertiary/aromatic N) is 4. The largest absolute Gasteiger partial charge is 0.465 e. The van der Waals surface area contributed by atoms with Crippen molar-refractivity contribution in [3.8, 4) is 5.69 Å². The quantitative estimate of drug-likeness (QED) is 0.700. The number of halogens is 2. The molecule has 2 aromatic heterocycles. The molecule has 1 aromatic carbocycles. The van der Waals surface area contributed by atoms with Crippen molar-refractivity contribution in [1.29, 1.82) is 0 Å². The third-order valence-corrected chi connectivity index (χ3v) is 4.74. The van der Waals surface area contributed by atoms with Gasteiger partial charge in [-0.3, -0.25) is 4.98 Å². The van der Waals surface area contributed by atoms with Gasteiger partial charge in [-0.2, -0.15) is 5.10 Å². The lowest BCUT2D eigenvalue weighted by Gasteiger charge is -2.10. The van der Waals surface area contributed by atoms with E-state index in [9.17, 15) is 9.18 Å². The number of carboxylic acid groups (broad SMARTS) is 1. The molecule has 0 aliphatic carbocycles. The average Bonchev–Trinajstić information content (AvgIpc) is 3.00. The molecule has 3 rings (SSSR count). The first kappa shape index (κ1) is 18.2. The smallest absolute Gasteiger partial charge is 0.407 e. The first-order valence-corrected chi connectivity index (χ1v) is 8.70. The number of aromatic nitrogens is 3. The van der Waals surface area contributed by atoms with Gasteiger partial charge >= 0.3 is 6.09 Å². The van der Waals surface area contributed by atoms with Crippen molar-refractivity contribution in [3.63, 3.8) is 0 Å². The minimum absolute atomic E-state index is 0.0143. The summed E-state index contributed by atoms with van der Waals surface area (Å²) >= 11 is 7.23. The summed E-state index contributed by atoms with van der Waals surface area (Å²) < 4.78 is 15.9. The summed E-state index contributed by atoms with van der Waals surface area (Å²) in [5.41, 5.74) is 0.675. The molecule has 0 saturated heterocycles. The zero-order valence-corrected chi connectivity index (χ0v) is 15.2. The molecule has 0 bridgehead atoms. The molecule has 134 valence electrons. The van der Waals surface area contributed by atoms with Crippen LogP contribution in [0.5, 0.6) is 0 Å². The van der Waals surface area contributed by atoms with E-state index in [1.165, 1.54) is 29.6 Å². The van der Waals surface area contributed by atoms with Crippen molar-refractivity contribution >= 4 is 29.5 Å². The SMILES string of the molecule is CN(Cc1cc(Sc2cccnc2)n(-c2cccc(Cl)c2F)n1)C(=O)O. The summed E-state index contributed by atoms with van der Waals surface area (Å²) in [5, 5.41) is 14.0. The fourth-order valence-corrected chi connectivity index (χ4v) is 3.32. The molecule has 0 atom stereocenters. The van der Waals surface area contributed by atoms with Crippen LogP contribution in [0, 0.1) is 5.82 Å². The molecule has 3 aromatic rings. The maximum absolute atomic E-state index is 14.5. The standard InChI is InChI=1S/C17H14ClFN4O2S/c1-22(17(24)25)10-11-8-15(26-12-4-3-7-20-9-12)23(21-11)14-6-2-5-13(18)16(14)19/h2-9H,10H2,1H3,(H,24,25). The Balaban J connectivity index is 2.04. The van der Waals surface area contributed by atoms with Crippen LogP contribution >= 0.6 is 23.4 Å². The third-order valence-electron chi connectivity index (χ3n) is 3.47. The number of hydrogen-bond acceptors (Lipinski definition) is 4. The van der Waals surface area contributed by atoms with Crippen LogP contribution in [0.3, 0.4) is 0 Å². The van der Waals surface area contributed by atoms with Crippen molar-refractivity contribution in [2.75, 3.05) is 7.05 Å². The minimum Gasteiger partial charge on any atom is -0.465 e. The number of benzene rings is 1. The van der Waals surface area contributed by atoms with Gasteiger partial charge in [-0.05, 0) is 30.3 Å². The monoisotopic (exact) mass is 392 g/mol. The van der Waals surface area contributed by atoms with E-state index in [0.717, 1.165) is 9.80 Å². The number of pyridine rings is 1. The summed E-state index contributed by atoms with van der Waals surface area (Å²) in [6.07, 6.45) is 2.26. The van der Waals surface area contributed by atoms with Gasteiger partial charge in [0, 0.05) is 24.3 Å². The Morgan fingerprint density at radius 3 is 2.88 bits per heavy atom. The summed E-state index contributed by atoms with van der Waals surface area (Å²) in [6.45, 7) is 0.0745. The lowest BCUT2D eigenvalue weighted by Crippen LogP contribution is -2.24. The fourth-order valence-electron chi connectivity index (χ4n) is 2.23. The van der Waals surface area contributed by atoms with Crippen LogP contribution in [-0.4, -0.2) is 37.9 Å². The lowest BCUT2D eigenvalue weighted by molar-refractivity contribution is 0.153. The average molecular weight is 393 g/mol. The molecule has 0 spiro atoms. The fraction of sp³-hybridized carbons (Fsp3) is 0.118. The molecule has 0 aliphatic heterocycles. The lowest BCUT2D eigenvalue weighted by atomic mass is 10.3. The molecule has 26 heavy (non-hydrogen) atoms. The van der Waals surface area contributed by atoms with Gasteiger partial charge in [0.15, 0.2) is 5.82 Å². The first-order chi connectivity index (χ1) is 12.5. The zero-order valence-electron chi connectivity index (χ0n) is 13.6. The van der Waals surface area contributed by atoms with Crippen LogP contribution in [0.25, 0.3) is 5.69 Å². The van der Waals surface area contributed by atoms with Gasteiger partial charge in [0.1, 0.15) is 10.7 Å². The highest BCUT2D eigenvalue weighted by atomic mass is 35.5. The Bertz CT molecular complexity index is 936. The van der Waals surface area contributed by atoms with Gasteiger partial charge < -0.3 is 10.0 Å². The molecule has 9 heteroatoms. The van der Waals surface area contributed by atoms with Gasteiger partial charge in [0.05, 0.1) is 17.3 Å². The molecule has 0 radical (unpaired) electrons. The van der Waals surface area contributed by atoms with Crippen molar-refractivity contribution in [2.24, 2.45) is 0 Å². The highest BCUT2D eigenvalue weighted by Crippen LogP contribution is 2.31. The topological polar surface area (TPSA) is 71.2 Å². The predicted molar refractivity (Wildman–Crippen MR) is 96.4 cm³/mol. The van der Waals surface area contributed by atoms with Gasteiger partial charge in [-0.1, -0.05) is 29.4 Å². The van der Waals surface area contributed by atoms with Crippen LogP contribution in [0.4, 0.5) is 9.18 Å². The first-order valence-electron chi connectivity index (χ1n) is 7.51. The van der Waals surface area contributed by atoms with Gasteiger partial charge in [-0.25, -0.2) is 13.9 Å². The van der Waals surface area contributed by atoms with Gasteiger partial charge in [0.25, 0.3) is 0 Å². The number of hydrogen-bond donors (Lipinski definition) is 1. The van der Waals surface area contributed by atoms with Crippen LogP contribution in [0.15, 0.2) is 58.7 Å². The number of amides is 1. The van der Waals surface area contributed by atoms with E-state index in [1.807, 2.05) is 6.07 Å². The highest BCUT2D eigenvalue weighted by molar-refractivity contribution is 7.99. The van der Waals surface area contributed by atoms with E-state index >= 15 is 0 Å². The number of carbonyl (C=O) groups is 1. The van der Waals surface area contributed by atoms with E-state index in [4.69, 9.17) is 16.7 Å². The van der Waals surface area contributed by atoms with Crippen molar-refractivity contribution < 1.29 is 14.3 Å². The molecular formula is C17H14ClFN4O2S. The van der Waals surface area contributed by atoms with Gasteiger partial charge in [0.2, 0.25) is 0 Å². The second-order valence-electron chi connectivity index (χ2n) is 5.39. The molecular weight excluding hydrogens is 379 g/mol. The molecule has 0 saturated carbocycles. The summed E-state index contributed by atoms with van der Waals surface area (Å²) in [4.78, 5) is 17.1. The Kier molecular flexibility index (Phi) is 5.43. The Labute approximate surface area is 158 Å². The maximum atomic E-state index is 14.5. The van der Waals surface area contributed by atoms with E-state index in [1.54, 1.807) is 36.7 Å². The van der Waals surface area contributed by atoms with Crippen LogP contribution in [-0.2, 0) is 6.54 Å². The van der Waals surface area contributed by atoms with E-state index in [-0.39, 0.29) is 17.3 Å². The summed E-state index contributed by atoms with van der Waals surface area (Å²) in [7, 11) is 1.44.